The van der Waals surface area contributed by atoms with Crippen molar-refractivity contribution in [2.24, 2.45) is 4.99 Å². The quantitative estimate of drug-likeness (QED) is 0.741. The third-order valence-corrected chi connectivity index (χ3v) is 4.66. The first kappa shape index (κ1) is 18.8. The summed E-state index contributed by atoms with van der Waals surface area (Å²) in [5, 5.41) is 13.7. The number of amidine groups is 1. The first-order chi connectivity index (χ1) is 13.2. The van der Waals surface area contributed by atoms with Crippen LogP contribution in [-0.4, -0.2) is 35.9 Å². The maximum Gasteiger partial charge on any atom is 0.573 e. The van der Waals surface area contributed by atoms with Crippen LogP contribution in [0.3, 0.4) is 0 Å². The van der Waals surface area contributed by atoms with Gasteiger partial charge in [0.25, 0.3) is 0 Å². The zero-order valence-corrected chi connectivity index (χ0v) is 14.9. The van der Waals surface area contributed by atoms with Crippen molar-refractivity contribution in [1.82, 2.24) is 5.32 Å². The van der Waals surface area contributed by atoms with Gasteiger partial charge in [-0.2, -0.15) is 0 Å². The summed E-state index contributed by atoms with van der Waals surface area (Å²) in [6.45, 7) is 0. The van der Waals surface area contributed by atoms with Gasteiger partial charge in [0.05, 0.1) is 22.4 Å². The number of aliphatic hydroxyl groups excluding tert-OH is 1. The molecule has 2 aliphatic rings. The lowest BCUT2D eigenvalue weighted by molar-refractivity contribution is -0.274. The fourth-order valence-electron chi connectivity index (χ4n) is 2.98. The van der Waals surface area contributed by atoms with Gasteiger partial charge in [0.1, 0.15) is 17.8 Å². The fraction of sp³-hybridized carbons (Fsp3) is 0.278. The third-order valence-electron chi connectivity index (χ3n) is 4.34. The number of anilines is 2. The number of benzene rings is 2. The zero-order chi connectivity index (χ0) is 20.1. The lowest BCUT2D eigenvalue weighted by Crippen LogP contribution is -2.40. The van der Waals surface area contributed by atoms with E-state index in [4.69, 9.17) is 11.6 Å². The molecule has 1 unspecified atom stereocenters. The van der Waals surface area contributed by atoms with Gasteiger partial charge in [-0.15, -0.1) is 13.2 Å². The largest absolute Gasteiger partial charge is 0.573 e. The van der Waals surface area contributed by atoms with Gasteiger partial charge in [-0.1, -0.05) is 23.7 Å². The zero-order valence-electron chi connectivity index (χ0n) is 14.1. The van der Waals surface area contributed by atoms with Crippen LogP contribution in [0.5, 0.6) is 5.75 Å². The van der Waals surface area contributed by atoms with Crippen LogP contribution in [0, 0.1) is 0 Å². The number of hydrogen-bond acceptors (Lipinski definition) is 5. The van der Waals surface area contributed by atoms with E-state index < -0.39 is 30.7 Å². The van der Waals surface area contributed by atoms with Gasteiger partial charge < -0.3 is 15.2 Å². The Balaban J connectivity index is 1.79. The van der Waals surface area contributed by atoms with E-state index in [1.807, 2.05) is 0 Å². The van der Waals surface area contributed by atoms with E-state index in [0.29, 0.717) is 17.7 Å². The van der Waals surface area contributed by atoms with Crippen molar-refractivity contribution < 1.29 is 27.4 Å². The molecule has 5 nitrogen and oxygen atoms in total. The fourth-order valence-corrected chi connectivity index (χ4v) is 3.21. The molecule has 1 aliphatic heterocycles. The number of aliphatic hydroxyl groups is 1. The molecule has 4 rings (SSSR count). The van der Waals surface area contributed by atoms with Gasteiger partial charge >= 0.3 is 6.36 Å². The highest BCUT2D eigenvalue weighted by atomic mass is 35.5. The van der Waals surface area contributed by atoms with Crippen LogP contribution >= 0.6 is 11.6 Å². The SMILES string of the molecule is OC1N=C(N[C@@H]2C[C@H]2F)c2ccc(OC(F)(F)F)cc2N1c1ccccc1Cl. The number of alkyl halides is 4. The van der Waals surface area contributed by atoms with Crippen molar-refractivity contribution in [3.8, 4) is 5.75 Å². The van der Waals surface area contributed by atoms with Crippen LogP contribution in [0.2, 0.25) is 5.02 Å². The number of para-hydroxylation sites is 1. The Hall–Kier alpha value is -2.52. The second kappa shape index (κ2) is 6.82. The first-order valence-electron chi connectivity index (χ1n) is 8.33. The minimum absolute atomic E-state index is 0.189. The first-order valence-corrected chi connectivity index (χ1v) is 8.71. The molecule has 2 aromatic carbocycles. The number of nitrogens with zero attached hydrogens (tertiary/aromatic N) is 2. The number of ether oxygens (including phenoxy) is 1. The Morgan fingerprint density at radius 1 is 1.18 bits per heavy atom. The maximum absolute atomic E-state index is 13.3. The topological polar surface area (TPSA) is 57.1 Å². The Morgan fingerprint density at radius 2 is 1.89 bits per heavy atom. The van der Waals surface area contributed by atoms with Gasteiger partial charge in [-0.05, 0) is 24.3 Å². The Bertz CT molecular complexity index is 937. The van der Waals surface area contributed by atoms with E-state index >= 15 is 0 Å². The molecule has 28 heavy (non-hydrogen) atoms. The third kappa shape index (κ3) is 3.72. The van der Waals surface area contributed by atoms with Crippen LogP contribution < -0.4 is 15.0 Å². The van der Waals surface area contributed by atoms with Gasteiger partial charge in [0.2, 0.25) is 6.35 Å². The molecule has 0 radical (unpaired) electrons. The van der Waals surface area contributed by atoms with E-state index in [1.54, 1.807) is 24.3 Å². The highest BCUT2D eigenvalue weighted by Gasteiger charge is 2.40. The molecular formula is C18H14ClF4N3O2. The van der Waals surface area contributed by atoms with Crippen LogP contribution in [0.4, 0.5) is 28.9 Å². The lowest BCUT2D eigenvalue weighted by Gasteiger charge is -2.34. The van der Waals surface area contributed by atoms with Gasteiger partial charge in [-0.25, -0.2) is 9.38 Å². The predicted octanol–water partition coefficient (Wildman–Crippen LogP) is 4.11. The molecule has 0 aromatic heterocycles. The maximum atomic E-state index is 13.3. The second-order valence-electron chi connectivity index (χ2n) is 6.37. The molecule has 0 amide bonds. The average Bonchev–Trinajstić information content (AvgIpc) is 3.29. The standard InChI is InChI=1S/C18H14ClF4N3O2/c19-11-3-1-2-4-14(11)26-15-7-9(28-18(21,22)23)5-6-10(15)16(25-17(26)27)24-13-8-12(13)20/h1-7,12-13,17,27H,8H2,(H,24,25)/t12-,13-,17?/m1/s1. The summed E-state index contributed by atoms with van der Waals surface area (Å²) < 4.78 is 55.2. The molecule has 2 aromatic rings. The van der Waals surface area contributed by atoms with Gasteiger partial charge in [-0.3, -0.25) is 4.90 Å². The summed E-state index contributed by atoms with van der Waals surface area (Å²) in [6, 6.07) is 9.70. The molecule has 0 spiro atoms. The number of nitrogens with one attached hydrogen (secondary N) is 1. The van der Waals surface area contributed by atoms with Gasteiger partial charge in [0.15, 0.2) is 0 Å². The summed E-state index contributed by atoms with van der Waals surface area (Å²) in [4.78, 5) is 5.42. The van der Waals surface area contributed by atoms with Crippen molar-refractivity contribution >= 4 is 28.8 Å². The summed E-state index contributed by atoms with van der Waals surface area (Å²) in [6.07, 6.45) is -7.08. The highest BCUT2D eigenvalue weighted by molar-refractivity contribution is 6.33. The molecule has 2 N–H and O–H groups in total. The van der Waals surface area contributed by atoms with E-state index in [1.165, 1.54) is 11.0 Å². The summed E-state index contributed by atoms with van der Waals surface area (Å²) >= 11 is 6.21. The van der Waals surface area contributed by atoms with Crippen molar-refractivity contribution in [3.05, 3.63) is 53.1 Å². The van der Waals surface area contributed by atoms with Crippen LogP contribution in [0.15, 0.2) is 47.5 Å². The van der Waals surface area contributed by atoms with E-state index in [9.17, 15) is 22.7 Å². The number of fused-ring (bicyclic) bond motifs is 1. The van der Waals surface area contributed by atoms with E-state index in [-0.39, 0.29) is 16.5 Å². The monoisotopic (exact) mass is 415 g/mol. The smallest absolute Gasteiger partial charge is 0.406 e. The molecule has 148 valence electrons. The molecule has 1 saturated carbocycles. The van der Waals surface area contributed by atoms with Crippen molar-refractivity contribution in [1.29, 1.82) is 0 Å². The second-order valence-corrected chi connectivity index (χ2v) is 6.78. The molecular weight excluding hydrogens is 402 g/mol. The summed E-state index contributed by atoms with van der Waals surface area (Å²) in [5.41, 5.74) is 0.925. The normalized spacial score (nSPS) is 23.7. The summed E-state index contributed by atoms with van der Waals surface area (Å²) in [5.74, 6) is -0.277. The molecule has 1 aliphatic carbocycles. The number of hydrogen-bond donors (Lipinski definition) is 2. The molecule has 3 atom stereocenters. The lowest BCUT2D eigenvalue weighted by atomic mass is 10.1. The van der Waals surface area contributed by atoms with Crippen molar-refractivity contribution in [2.45, 2.75) is 31.3 Å². The van der Waals surface area contributed by atoms with E-state index in [0.717, 1.165) is 12.1 Å². The number of aliphatic imine (C=N–C) groups is 1. The van der Waals surface area contributed by atoms with Crippen molar-refractivity contribution in [3.63, 3.8) is 0 Å². The molecule has 1 heterocycles. The van der Waals surface area contributed by atoms with Crippen LogP contribution in [-0.2, 0) is 0 Å². The molecule has 0 bridgehead atoms. The minimum atomic E-state index is -4.87. The predicted molar refractivity (Wildman–Crippen MR) is 95.7 cm³/mol. The molecule has 0 saturated heterocycles. The van der Waals surface area contributed by atoms with Crippen LogP contribution in [0.25, 0.3) is 0 Å². The average molecular weight is 416 g/mol. The number of halogens is 5. The Labute approximate surface area is 162 Å². The van der Waals surface area contributed by atoms with E-state index in [2.05, 4.69) is 15.0 Å². The Morgan fingerprint density at radius 3 is 2.54 bits per heavy atom. The number of rotatable bonds is 3. The molecule has 1 fully saturated rings. The minimum Gasteiger partial charge on any atom is -0.406 e. The van der Waals surface area contributed by atoms with Crippen molar-refractivity contribution in [2.75, 3.05) is 4.90 Å². The van der Waals surface area contributed by atoms with Crippen LogP contribution in [0.1, 0.15) is 12.0 Å². The highest BCUT2D eigenvalue weighted by Crippen LogP contribution is 2.41. The molecule has 10 heteroatoms. The summed E-state index contributed by atoms with van der Waals surface area (Å²) in [7, 11) is 0. The Kier molecular flexibility index (Phi) is 4.59. The van der Waals surface area contributed by atoms with Gasteiger partial charge in [0, 0.05) is 18.1 Å².